The highest BCUT2D eigenvalue weighted by Gasteiger charge is 2.12. The molecule has 17 heavy (non-hydrogen) atoms. The Morgan fingerprint density at radius 2 is 1.47 bits per heavy atom. The maximum absolute atomic E-state index is 10.8. The van der Waals surface area contributed by atoms with E-state index in [-0.39, 0.29) is 0 Å². The summed E-state index contributed by atoms with van der Waals surface area (Å²) in [6.07, 6.45) is -1.24. The number of rotatable bonds is 3. The molecule has 3 nitrogen and oxygen atoms in total. The molecule has 3 N–H and O–H groups in total. The standard InChI is InChI=1S/C14H13NO2/c15-14(17)13(16)12-8-6-11(7-9-12)10-4-2-1-3-5-10/h1-9,13,16H,(H2,15,17). The van der Waals surface area contributed by atoms with E-state index in [1.54, 1.807) is 12.1 Å². The second-order valence-corrected chi connectivity index (χ2v) is 3.79. The molecular weight excluding hydrogens is 214 g/mol. The van der Waals surface area contributed by atoms with E-state index in [1.807, 2.05) is 42.5 Å². The van der Waals surface area contributed by atoms with E-state index in [4.69, 9.17) is 5.73 Å². The van der Waals surface area contributed by atoms with E-state index in [9.17, 15) is 9.90 Å². The summed E-state index contributed by atoms with van der Waals surface area (Å²) in [5, 5.41) is 9.48. The first kappa shape index (κ1) is 11.4. The minimum absolute atomic E-state index is 0.511. The van der Waals surface area contributed by atoms with Crippen LogP contribution in [0.5, 0.6) is 0 Å². The van der Waals surface area contributed by atoms with E-state index in [0.717, 1.165) is 11.1 Å². The highest BCUT2D eigenvalue weighted by Crippen LogP contribution is 2.21. The molecule has 2 rings (SSSR count). The van der Waals surface area contributed by atoms with Crippen LogP contribution in [0.3, 0.4) is 0 Å². The molecule has 3 heteroatoms. The van der Waals surface area contributed by atoms with Crippen LogP contribution < -0.4 is 5.73 Å². The number of carbonyl (C=O) groups excluding carboxylic acids is 1. The number of aliphatic hydroxyl groups is 1. The molecule has 0 heterocycles. The third-order valence-electron chi connectivity index (χ3n) is 2.60. The summed E-state index contributed by atoms with van der Waals surface area (Å²) in [5.41, 5.74) is 7.66. The van der Waals surface area contributed by atoms with Gasteiger partial charge in [0.15, 0.2) is 6.10 Å². The third kappa shape index (κ3) is 2.52. The van der Waals surface area contributed by atoms with E-state index in [1.165, 1.54) is 0 Å². The lowest BCUT2D eigenvalue weighted by molar-refractivity contribution is -0.126. The Labute approximate surface area is 99.5 Å². The van der Waals surface area contributed by atoms with Gasteiger partial charge in [-0.2, -0.15) is 0 Å². The van der Waals surface area contributed by atoms with Crippen molar-refractivity contribution >= 4 is 5.91 Å². The highest BCUT2D eigenvalue weighted by atomic mass is 16.3. The Morgan fingerprint density at radius 1 is 0.941 bits per heavy atom. The number of carbonyl (C=O) groups is 1. The Hall–Kier alpha value is -2.13. The lowest BCUT2D eigenvalue weighted by atomic mass is 10.0. The van der Waals surface area contributed by atoms with Gasteiger partial charge in [0.2, 0.25) is 0 Å². The minimum atomic E-state index is -1.24. The fraction of sp³-hybridized carbons (Fsp3) is 0.0714. The van der Waals surface area contributed by atoms with Gasteiger partial charge in [0.25, 0.3) is 5.91 Å². The Morgan fingerprint density at radius 3 is 2.00 bits per heavy atom. The Balaban J connectivity index is 2.28. The normalized spacial score (nSPS) is 12.1. The van der Waals surface area contributed by atoms with Crippen molar-refractivity contribution in [1.29, 1.82) is 0 Å². The van der Waals surface area contributed by atoms with Crippen LogP contribution in [0.2, 0.25) is 0 Å². The topological polar surface area (TPSA) is 63.3 Å². The van der Waals surface area contributed by atoms with Crippen molar-refractivity contribution in [2.45, 2.75) is 6.10 Å². The van der Waals surface area contributed by atoms with Gasteiger partial charge in [-0.15, -0.1) is 0 Å². The largest absolute Gasteiger partial charge is 0.378 e. The van der Waals surface area contributed by atoms with Crippen LogP contribution in [0, 0.1) is 0 Å². The maximum atomic E-state index is 10.8. The average molecular weight is 227 g/mol. The van der Waals surface area contributed by atoms with Crippen LogP contribution in [0.15, 0.2) is 54.6 Å². The summed E-state index contributed by atoms with van der Waals surface area (Å²) < 4.78 is 0. The molecule has 0 spiro atoms. The number of primary amides is 1. The van der Waals surface area contributed by atoms with E-state index in [2.05, 4.69) is 0 Å². The molecule has 1 atom stereocenters. The summed E-state index contributed by atoms with van der Waals surface area (Å²) in [6.45, 7) is 0. The highest BCUT2D eigenvalue weighted by molar-refractivity contribution is 5.80. The van der Waals surface area contributed by atoms with E-state index < -0.39 is 12.0 Å². The molecule has 1 unspecified atom stereocenters. The van der Waals surface area contributed by atoms with E-state index in [0.29, 0.717) is 5.56 Å². The van der Waals surface area contributed by atoms with Gasteiger partial charge in [-0.25, -0.2) is 0 Å². The zero-order valence-corrected chi connectivity index (χ0v) is 9.21. The summed E-state index contributed by atoms with van der Waals surface area (Å²) in [4.78, 5) is 10.8. The zero-order valence-electron chi connectivity index (χ0n) is 9.21. The second kappa shape index (κ2) is 4.80. The smallest absolute Gasteiger partial charge is 0.250 e. The lowest BCUT2D eigenvalue weighted by Gasteiger charge is -2.07. The van der Waals surface area contributed by atoms with Crippen LogP contribution >= 0.6 is 0 Å². The van der Waals surface area contributed by atoms with Gasteiger partial charge < -0.3 is 10.8 Å². The molecule has 0 fully saturated rings. The average Bonchev–Trinajstić information content (AvgIpc) is 2.39. The van der Waals surface area contributed by atoms with Crippen LogP contribution in [0.4, 0.5) is 0 Å². The number of hydrogen-bond acceptors (Lipinski definition) is 2. The molecule has 0 aliphatic heterocycles. The quantitative estimate of drug-likeness (QED) is 0.840. The summed E-state index contributed by atoms with van der Waals surface area (Å²) >= 11 is 0. The van der Waals surface area contributed by atoms with Gasteiger partial charge >= 0.3 is 0 Å². The Kier molecular flexibility index (Phi) is 3.21. The molecule has 0 aromatic heterocycles. The maximum Gasteiger partial charge on any atom is 0.250 e. The van der Waals surface area contributed by atoms with Gasteiger partial charge in [0, 0.05) is 0 Å². The molecule has 0 aliphatic rings. The summed E-state index contributed by atoms with van der Waals surface area (Å²) in [5.74, 6) is -0.738. The van der Waals surface area contributed by atoms with Gasteiger partial charge in [0.1, 0.15) is 0 Å². The van der Waals surface area contributed by atoms with Gasteiger partial charge in [-0.05, 0) is 16.7 Å². The number of amides is 1. The van der Waals surface area contributed by atoms with Crippen molar-refractivity contribution < 1.29 is 9.90 Å². The first-order valence-electron chi connectivity index (χ1n) is 5.31. The lowest BCUT2D eigenvalue weighted by Crippen LogP contribution is -2.20. The summed E-state index contributed by atoms with van der Waals surface area (Å²) in [6, 6.07) is 17.0. The van der Waals surface area contributed by atoms with Crippen molar-refractivity contribution in [2.24, 2.45) is 5.73 Å². The van der Waals surface area contributed by atoms with Crippen molar-refractivity contribution in [3.63, 3.8) is 0 Å². The van der Waals surface area contributed by atoms with Gasteiger partial charge in [0.05, 0.1) is 0 Å². The number of nitrogens with two attached hydrogens (primary N) is 1. The third-order valence-corrected chi connectivity index (χ3v) is 2.60. The molecule has 2 aromatic rings. The van der Waals surface area contributed by atoms with Crippen molar-refractivity contribution in [1.82, 2.24) is 0 Å². The van der Waals surface area contributed by atoms with Crippen LogP contribution in [0.25, 0.3) is 11.1 Å². The molecular formula is C14H13NO2. The predicted molar refractivity (Wildman–Crippen MR) is 66.0 cm³/mol. The number of hydrogen-bond donors (Lipinski definition) is 2. The SMILES string of the molecule is NC(=O)C(O)c1ccc(-c2ccccc2)cc1. The first-order valence-corrected chi connectivity index (χ1v) is 5.31. The van der Waals surface area contributed by atoms with Crippen LogP contribution in [0.1, 0.15) is 11.7 Å². The molecule has 0 bridgehead atoms. The molecule has 86 valence electrons. The predicted octanol–water partition coefficient (Wildman–Crippen LogP) is 1.87. The second-order valence-electron chi connectivity index (χ2n) is 3.79. The summed E-state index contributed by atoms with van der Waals surface area (Å²) in [7, 11) is 0. The van der Waals surface area contributed by atoms with Gasteiger partial charge in [-0.3, -0.25) is 4.79 Å². The fourth-order valence-electron chi connectivity index (χ4n) is 1.65. The molecule has 2 aromatic carbocycles. The van der Waals surface area contributed by atoms with Crippen LogP contribution in [-0.2, 0) is 4.79 Å². The molecule has 0 aliphatic carbocycles. The number of aliphatic hydroxyl groups excluding tert-OH is 1. The zero-order chi connectivity index (χ0) is 12.3. The van der Waals surface area contributed by atoms with E-state index >= 15 is 0 Å². The molecule has 1 amide bonds. The fourth-order valence-corrected chi connectivity index (χ4v) is 1.65. The van der Waals surface area contributed by atoms with Crippen molar-refractivity contribution in [3.8, 4) is 11.1 Å². The molecule has 0 saturated heterocycles. The molecule has 0 radical (unpaired) electrons. The van der Waals surface area contributed by atoms with Crippen molar-refractivity contribution in [2.75, 3.05) is 0 Å². The van der Waals surface area contributed by atoms with Crippen LogP contribution in [-0.4, -0.2) is 11.0 Å². The molecule has 0 saturated carbocycles. The number of benzene rings is 2. The first-order chi connectivity index (χ1) is 8.18. The minimum Gasteiger partial charge on any atom is -0.378 e. The monoisotopic (exact) mass is 227 g/mol. The van der Waals surface area contributed by atoms with Crippen molar-refractivity contribution in [3.05, 3.63) is 60.2 Å². The Bertz CT molecular complexity index is 506. The van der Waals surface area contributed by atoms with Gasteiger partial charge in [-0.1, -0.05) is 54.6 Å².